The Morgan fingerprint density at radius 2 is 2.27 bits per heavy atom. The highest BCUT2D eigenvalue weighted by Crippen LogP contribution is 2.17. The first kappa shape index (κ1) is 14.0. The van der Waals surface area contributed by atoms with E-state index < -0.39 is 0 Å². The van der Waals surface area contributed by atoms with Gasteiger partial charge < -0.3 is 5.32 Å². The van der Waals surface area contributed by atoms with E-state index in [2.05, 4.69) is 25.7 Å². The topological polar surface area (TPSA) is 84.2 Å². The number of carbonyl (C=O) groups excluding carboxylic acids is 1. The van der Waals surface area contributed by atoms with Crippen LogP contribution >= 0.6 is 0 Å². The van der Waals surface area contributed by atoms with Crippen LogP contribution in [0.2, 0.25) is 0 Å². The number of hydrogen-bond donors (Lipinski definition) is 2. The minimum absolute atomic E-state index is 0.266. The molecule has 0 aliphatic heterocycles. The fraction of sp³-hybridized carbons (Fsp3) is 0.200. The number of hydrogen-bond acceptors (Lipinski definition) is 5. The number of aryl methyl sites for hydroxylation is 1. The zero-order valence-electron chi connectivity index (χ0n) is 12.4. The highest BCUT2D eigenvalue weighted by atomic mass is 16.1. The van der Waals surface area contributed by atoms with Crippen LogP contribution in [0.25, 0.3) is 5.65 Å². The molecule has 3 heterocycles. The molecule has 3 aromatic rings. The SMILES string of the molecule is CCNc1cn2nc(NC(=O)c3cccnc3)nc2cc1C. The van der Waals surface area contributed by atoms with Gasteiger partial charge in [0, 0.05) is 18.9 Å². The standard InChI is InChI=1S/C15H16N6O/c1-3-17-12-9-21-13(7-10(12)2)18-15(20-21)19-14(22)11-5-4-6-16-8-11/h4-9,17H,3H2,1-2H3,(H,19,20,22). The molecule has 7 heteroatoms. The Hall–Kier alpha value is -2.96. The van der Waals surface area contributed by atoms with Crippen LogP contribution < -0.4 is 10.6 Å². The van der Waals surface area contributed by atoms with Gasteiger partial charge in [-0.05, 0) is 37.6 Å². The summed E-state index contributed by atoms with van der Waals surface area (Å²) >= 11 is 0. The molecule has 0 saturated heterocycles. The van der Waals surface area contributed by atoms with Crippen molar-refractivity contribution in [3.8, 4) is 0 Å². The number of anilines is 2. The van der Waals surface area contributed by atoms with Gasteiger partial charge in [-0.25, -0.2) is 4.52 Å². The fourth-order valence-electron chi connectivity index (χ4n) is 2.12. The Morgan fingerprint density at radius 1 is 1.41 bits per heavy atom. The van der Waals surface area contributed by atoms with Gasteiger partial charge in [-0.15, -0.1) is 5.10 Å². The van der Waals surface area contributed by atoms with E-state index in [0.29, 0.717) is 11.2 Å². The van der Waals surface area contributed by atoms with Gasteiger partial charge in [0.15, 0.2) is 5.65 Å². The molecule has 0 fully saturated rings. The lowest BCUT2D eigenvalue weighted by atomic mass is 10.2. The number of fused-ring (bicyclic) bond motifs is 1. The zero-order chi connectivity index (χ0) is 15.5. The smallest absolute Gasteiger partial charge is 0.259 e. The lowest BCUT2D eigenvalue weighted by molar-refractivity contribution is 0.102. The maximum Gasteiger partial charge on any atom is 0.259 e. The molecule has 0 bridgehead atoms. The minimum atomic E-state index is -0.285. The molecule has 0 aliphatic rings. The van der Waals surface area contributed by atoms with Crippen molar-refractivity contribution in [3.05, 3.63) is 47.9 Å². The van der Waals surface area contributed by atoms with Gasteiger partial charge in [0.25, 0.3) is 5.91 Å². The first-order valence-electron chi connectivity index (χ1n) is 6.99. The summed E-state index contributed by atoms with van der Waals surface area (Å²) in [6, 6.07) is 5.31. The van der Waals surface area contributed by atoms with Crippen LogP contribution in [0.5, 0.6) is 0 Å². The first-order chi connectivity index (χ1) is 10.7. The lowest BCUT2D eigenvalue weighted by Gasteiger charge is -2.06. The molecule has 0 spiro atoms. The van der Waals surface area contributed by atoms with Crippen molar-refractivity contribution in [3.63, 3.8) is 0 Å². The molecule has 0 atom stereocenters. The molecule has 0 radical (unpaired) electrons. The second-order valence-electron chi connectivity index (χ2n) is 4.83. The zero-order valence-corrected chi connectivity index (χ0v) is 12.4. The molecule has 3 aromatic heterocycles. The summed E-state index contributed by atoms with van der Waals surface area (Å²) in [7, 11) is 0. The van der Waals surface area contributed by atoms with Crippen LogP contribution in [-0.4, -0.2) is 32.0 Å². The summed E-state index contributed by atoms with van der Waals surface area (Å²) in [5.74, 6) is -0.0189. The quantitative estimate of drug-likeness (QED) is 0.770. The average molecular weight is 296 g/mol. The highest BCUT2D eigenvalue weighted by Gasteiger charge is 2.11. The van der Waals surface area contributed by atoms with Crippen LogP contribution in [0.3, 0.4) is 0 Å². The number of nitrogens with one attached hydrogen (secondary N) is 2. The number of carbonyl (C=O) groups is 1. The van der Waals surface area contributed by atoms with E-state index in [-0.39, 0.29) is 11.9 Å². The Labute approximate surface area is 127 Å². The molecule has 7 nitrogen and oxygen atoms in total. The van der Waals surface area contributed by atoms with E-state index >= 15 is 0 Å². The minimum Gasteiger partial charge on any atom is -0.384 e. The molecular formula is C15H16N6O. The lowest BCUT2D eigenvalue weighted by Crippen LogP contribution is -2.13. The van der Waals surface area contributed by atoms with Crippen LogP contribution in [0, 0.1) is 6.92 Å². The van der Waals surface area contributed by atoms with E-state index in [1.807, 2.05) is 26.1 Å². The normalized spacial score (nSPS) is 10.6. The second-order valence-corrected chi connectivity index (χ2v) is 4.83. The van der Waals surface area contributed by atoms with E-state index in [1.165, 1.54) is 6.20 Å². The summed E-state index contributed by atoms with van der Waals surface area (Å²) < 4.78 is 1.64. The third-order valence-electron chi connectivity index (χ3n) is 3.20. The van der Waals surface area contributed by atoms with Crippen molar-refractivity contribution < 1.29 is 4.79 Å². The highest BCUT2D eigenvalue weighted by molar-refractivity contribution is 6.03. The van der Waals surface area contributed by atoms with Crippen molar-refractivity contribution in [2.24, 2.45) is 0 Å². The van der Waals surface area contributed by atoms with E-state index in [4.69, 9.17) is 0 Å². The molecule has 112 valence electrons. The fourth-order valence-corrected chi connectivity index (χ4v) is 2.12. The van der Waals surface area contributed by atoms with Gasteiger partial charge in [0.1, 0.15) is 0 Å². The van der Waals surface area contributed by atoms with Crippen LogP contribution in [0.4, 0.5) is 11.6 Å². The van der Waals surface area contributed by atoms with Crippen molar-refractivity contribution >= 4 is 23.2 Å². The molecule has 0 saturated carbocycles. The van der Waals surface area contributed by atoms with Gasteiger partial charge >= 0.3 is 0 Å². The number of rotatable bonds is 4. The summed E-state index contributed by atoms with van der Waals surface area (Å²) in [5, 5.41) is 10.2. The molecule has 2 N–H and O–H groups in total. The van der Waals surface area contributed by atoms with Gasteiger partial charge in [0.2, 0.25) is 5.95 Å². The van der Waals surface area contributed by atoms with E-state index in [1.54, 1.807) is 22.8 Å². The largest absolute Gasteiger partial charge is 0.384 e. The summed E-state index contributed by atoms with van der Waals surface area (Å²) in [6.07, 6.45) is 4.98. The van der Waals surface area contributed by atoms with Crippen LogP contribution in [-0.2, 0) is 0 Å². The van der Waals surface area contributed by atoms with Crippen molar-refractivity contribution in [2.75, 3.05) is 17.2 Å². The van der Waals surface area contributed by atoms with Crippen LogP contribution in [0.15, 0.2) is 36.8 Å². The summed E-state index contributed by atoms with van der Waals surface area (Å²) in [6.45, 7) is 4.86. The van der Waals surface area contributed by atoms with Crippen molar-refractivity contribution in [1.29, 1.82) is 0 Å². The number of pyridine rings is 2. The Morgan fingerprint density at radius 3 is 3.00 bits per heavy atom. The Balaban J connectivity index is 1.87. The van der Waals surface area contributed by atoms with E-state index in [9.17, 15) is 4.79 Å². The van der Waals surface area contributed by atoms with Gasteiger partial charge in [-0.3, -0.25) is 15.1 Å². The molecule has 1 amide bonds. The third kappa shape index (κ3) is 2.73. The number of nitrogens with zero attached hydrogens (tertiary/aromatic N) is 4. The van der Waals surface area contributed by atoms with Crippen LogP contribution in [0.1, 0.15) is 22.8 Å². The Bertz CT molecular complexity index is 812. The number of aromatic nitrogens is 4. The third-order valence-corrected chi connectivity index (χ3v) is 3.20. The first-order valence-corrected chi connectivity index (χ1v) is 6.99. The molecule has 0 unspecified atom stereocenters. The maximum absolute atomic E-state index is 12.1. The predicted molar refractivity (Wildman–Crippen MR) is 84.1 cm³/mol. The van der Waals surface area contributed by atoms with Crippen molar-refractivity contribution in [2.45, 2.75) is 13.8 Å². The predicted octanol–water partition coefficient (Wildman–Crippen LogP) is 2.12. The summed E-state index contributed by atoms with van der Waals surface area (Å²) in [4.78, 5) is 20.3. The van der Waals surface area contributed by atoms with E-state index in [0.717, 1.165) is 17.8 Å². The second kappa shape index (κ2) is 5.80. The average Bonchev–Trinajstić information content (AvgIpc) is 2.90. The molecule has 0 aliphatic carbocycles. The summed E-state index contributed by atoms with van der Waals surface area (Å²) in [5.41, 5.74) is 3.21. The molecule has 3 rings (SSSR count). The monoisotopic (exact) mass is 296 g/mol. The molecule has 22 heavy (non-hydrogen) atoms. The van der Waals surface area contributed by atoms with Crippen molar-refractivity contribution in [1.82, 2.24) is 19.6 Å². The van der Waals surface area contributed by atoms with Gasteiger partial charge in [-0.1, -0.05) is 0 Å². The number of amides is 1. The van der Waals surface area contributed by atoms with Gasteiger partial charge in [0.05, 0.1) is 17.4 Å². The maximum atomic E-state index is 12.1. The Kier molecular flexibility index (Phi) is 3.69. The molecular weight excluding hydrogens is 280 g/mol. The molecule has 0 aromatic carbocycles. The van der Waals surface area contributed by atoms with Gasteiger partial charge in [-0.2, -0.15) is 4.98 Å².